The smallest absolute Gasteiger partial charge is 0.333 e. The molecule has 0 saturated heterocycles. The molecule has 0 bridgehead atoms. The van der Waals surface area contributed by atoms with Crippen molar-refractivity contribution in [3.63, 3.8) is 0 Å². The van der Waals surface area contributed by atoms with Crippen molar-refractivity contribution in [1.29, 1.82) is 0 Å². The maximum absolute atomic E-state index is 12.3. The molecule has 1 unspecified atom stereocenters. The normalized spacial score (nSPS) is 13.4. The molecule has 1 aromatic carbocycles. The molecule has 0 amide bonds. The van der Waals surface area contributed by atoms with E-state index in [0.29, 0.717) is 16.6 Å². The number of rotatable bonds is 6. The summed E-state index contributed by atoms with van der Waals surface area (Å²) in [5, 5.41) is 0.515. The van der Waals surface area contributed by atoms with Gasteiger partial charge in [-0.05, 0) is 42.4 Å². The van der Waals surface area contributed by atoms with E-state index in [1.807, 2.05) is 0 Å². The molecule has 0 N–H and O–H groups in total. The molecular weight excluding hydrogens is 287 g/mol. The van der Waals surface area contributed by atoms with Gasteiger partial charge in [-0.25, -0.2) is 4.79 Å². The number of methoxy groups -OCH3 is 1. The third-order valence-corrected chi connectivity index (χ3v) is 5.34. The molecule has 0 aliphatic rings. The first-order chi connectivity index (χ1) is 8.86. The molecule has 1 aromatic rings. The van der Waals surface area contributed by atoms with E-state index in [2.05, 4.69) is 6.58 Å². The van der Waals surface area contributed by atoms with Gasteiger partial charge in [0.1, 0.15) is 5.75 Å². The van der Waals surface area contributed by atoms with E-state index in [-0.39, 0.29) is 12.8 Å². The zero-order chi connectivity index (χ0) is 14.5. The molecule has 1 rings (SSSR count). The van der Waals surface area contributed by atoms with Gasteiger partial charge in [0.05, 0.1) is 19.9 Å². The second-order valence-electron chi connectivity index (χ2n) is 3.99. The third kappa shape index (κ3) is 4.73. The zero-order valence-electron chi connectivity index (χ0n) is 10.9. The summed E-state index contributed by atoms with van der Waals surface area (Å²) in [5.74, 6) is 0.153. The van der Waals surface area contributed by atoms with E-state index < -0.39 is 12.5 Å². The topological polar surface area (TPSA) is 52.6 Å². The Hall–Kier alpha value is -1.25. The second-order valence-corrected chi connectivity index (χ2v) is 7.89. The van der Waals surface area contributed by atoms with Gasteiger partial charge >= 0.3 is 5.97 Å². The number of benzene rings is 1. The summed E-state index contributed by atoms with van der Waals surface area (Å²) in [6, 6.07) is 6.66. The van der Waals surface area contributed by atoms with Crippen molar-refractivity contribution in [1.82, 2.24) is 0 Å². The van der Waals surface area contributed by atoms with Crippen LogP contribution in [0.2, 0.25) is 0 Å². The molecule has 0 fully saturated rings. The summed E-state index contributed by atoms with van der Waals surface area (Å²) >= 11 is 6.02. The van der Waals surface area contributed by atoms with E-state index in [0.717, 1.165) is 0 Å². The lowest BCUT2D eigenvalue weighted by atomic mass is 10.3. The Bertz CT molecular complexity index is 510. The molecule has 0 heterocycles. The average Bonchev–Trinajstić information content (AvgIpc) is 2.38. The predicted molar refractivity (Wildman–Crippen MR) is 76.7 cm³/mol. The van der Waals surface area contributed by atoms with E-state index in [4.69, 9.17) is 20.7 Å². The fourth-order valence-electron chi connectivity index (χ4n) is 1.31. The second kappa shape index (κ2) is 6.78. The molecule has 0 aromatic heterocycles. The van der Waals surface area contributed by atoms with Crippen LogP contribution in [0.4, 0.5) is 0 Å². The minimum atomic E-state index is -3.05. The molecule has 0 aliphatic heterocycles. The highest BCUT2D eigenvalue weighted by Crippen LogP contribution is 2.49. The minimum Gasteiger partial charge on any atom is -0.497 e. The SMILES string of the molecule is C=C(C)C(=O)OCCP(=O)(Cl)c1ccc(OC)cc1. The molecule has 1 atom stereocenters. The monoisotopic (exact) mass is 302 g/mol. The van der Waals surface area contributed by atoms with Crippen molar-refractivity contribution < 1.29 is 18.8 Å². The van der Waals surface area contributed by atoms with Crippen LogP contribution in [-0.4, -0.2) is 25.8 Å². The number of carbonyl (C=O) groups is 1. The Morgan fingerprint density at radius 1 is 1.37 bits per heavy atom. The van der Waals surface area contributed by atoms with Gasteiger partial charge < -0.3 is 14.0 Å². The summed E-state index contributed by atoms with van der Waals surface area (Å²) in [7, 11) is 1.55. The number of carbonyl (C=O) groups excluding carboxylic acids is 1. The lowest BCUT2D eigenvalue weighted by molar-refractivity contribution is -0.138. The quantitative estimate of drug-likeness (QED) is 0.460. The summed E-state index contributed by atoms with van der Waals surface area (Å²) in [4.78, 5) is 11.2. The molecular formula is C13H16ClO4P. The van der Waals surface area contributed by atoms with Crippen LogP contribution in [0.1, 0.15) is 6.92 Å². The lowest BCUT2D eigenvalue weighted by Crippen LogP contribution is -2.12. The van der Waals surface area contributed by atoms with Crippen molar-refractivity contribution in [3.8, 4) is 5.75 Å². The van der Waals surface area contributed by atoms with Crippen LogP contribution >= 0.6 is 17.7 Å². The van der Waals surface area contributed by atoms with E-state index in [1.165, 1.54) is 0 Å². The fraction of sp³-hybridized carbons (Fsp3) is 0.308. The minimum absolute atomic E-state index is 0.00149. The number of esters is 1. The van der Waals surface area contributed by atoms with Gasteiger partial charge in [0.25, 0.3) is 0 Å². The highest BCUT2D eigenvalue weighted by Gasteiger charge is 2.22. The molecule has 0 aliphatic carbocycles. The van der Waals surface area contributed by atoms with Crippen LogP contribution in [0.3, 0.4) is 0 Å². The number of halogens is 1. The molecule has 0 saturated carbocycles. The molecule has 4 nitrogen and oxygen atoms in total. The largest absolute Gasteiger partial charge is 0.497 e. The number of hydrogen-bond acceptors (Lipinski definition) is 4. The van der Waals surface area contributed by atoms with Crippen molar-refractivity contribution >= 4 is 29.0 Å². The molecule has 0 radical (unpaired) electrons. The summed E-state index contributed by atoms with van der Waals surface area (Å²) < 4.78 is 22.2. The van der Waals surface area contributed by atoms with Gasteiger partial charge in [-0.2, -0.15) is 0 Å². The van der Waals surface area contributed by atoms with E-state index in [9.17, 15) is 9.36 Å². The van der Waals surface area contributed by atoms with Gasteiger partial charge in [-0.3, -0.25) is 0 Å². The number of hydrogen-bond donors (Lipinski definition) is 0. The van der Waals surface area contributed by atoms with E-state index in [1.54, 1.807) is 38.3 Å². The Balaban J connectivity index is 2.62. The first-order valence-electron chi connectivity index (χ1n) is 5.63. The summed E-state index contributed by atoms with van der Waals surface area (Å²) in [6.45, 7) is 1.95. The maximum Gasteiger partial charge on any atom is 0.333 e. The van der Waals surface area contributed by atoms with Gasteiger partial charge in [0.15, 0.2) is 0 Å². The standard InChI is InChI=1S/C13H16ClO4P/c1-10(2)13(15)18-8-9-19(14,16)12-6-4-11(17-3)5-7-12/h4-7H,1,8-9H2,2-3H3. The highest BCUT2D eigenvalue weighted by atomic mass is 35.7. The fourth-order valence-corrected chi connectivity index (χ4v) is 3.04. The molecule has 0 spiro atoms. The molecule has 19 heavy (non-hydrogen) atoms. The van der Waals surface area contributed by atoms with E-state index >= 15 is 0 Å². The van der Waals surface area contributed by atoms with Crippen LogP contribution < -0.4 is 10.0 Å². The first-order valence-corrected chi connectivity index (χ1v) is 8.42. The number of ether oxygens (including phenoxy) is 2. The average molecular weight is 303 g/mol. The van der Waals surface area contributed by atoms with Gasteiger partial charge in [0, 0.05) is 10.9 Å². The van der Waals surface area contributed by atoms with Crippen LogP contribution in [0.15, 0.2) is 36.4 Å². The molecule has 104 valence electrons. The van der Waals surface area contributed by atoms with Crippen molar-refractivity contribution in [2.45, 2.75) is 6.92 Å². The Morgan fingerprint density at radius 2 is 1.95 bits per heavy atom. The first kappa shape index (κ1) is 15.8. The highest BCUT2D eigenvalue weighted by molar-refractivity contribution is 7.95. The Morgan fingerprint density at radius 3 is 2.42 bits per heavy atom. The zero-order valence-corrected chi connectivity index (χ0v) is 12.5. The van der Waals surface area contributed by atoms with Gasteiger partial charge in [0.2, 0.25) is 6.49 Å². The third-order valence-electron chi connectivity index (χ3n) is 2.42. The predicted octanol–water partition coefficient (Wildman–Crippen LogP) is 2.96. The lowest BCUT2D eigenvalue weighted by Gasteiger charge is -2.11. The molecule has 6 heteroatoms. The van der Waals surface area contributed by atoms with Crippen molar-refractivity contribution in [3.05, 3.63) is 36.4 Å². The maximum atomic E-state index is 12.3. The van der Waals surface area contributed by atoms with Crippen molar-refractivity contribution in [2.24, 2.45) is 0 Å². The summed E-state index contributed by atoms with van der Waals surface area (Å²) in [5.41, 5.74) is 0.300. The van der Waals surface area contributed by atoms with Gasteiger partial charge in [-0.15, -0.1) is 0 Å². The van der Waals surface area contributed by atoms with Crippen LogP contribution in [-0.2, 0) is 14.1 Å². The Kier molecular flexibility index (Phi) is 5.64. The van der Waals surface area contributed by atoms with Crippen molar-refractivity contribution in [2.75, 3.05) is 19.9 Å². The van der Waals surface area contributed by atoms with Crippen LogP contribution in [0, 0.1) is 0 Å². The van der Waals surface area contributed by atoms with Gasteiger partial charge in [-0.1, -0.05) is 6.58 Å². The van der Waals surface area contributed by atoms with Crippen LogP contribution in [0.25, 0.3) is 0 Å². The van der Waals surface area contributed by atoms with Crippen LogP contribution in [0.5, 0.6) is 5.75 Å². The Labute approximate surface area is 117 Å². The summed E-state index contributed by atoms with van der Waals surface area (Å²) in [6.07, 6.45) is 0.0832.